The average molecular weight is 335 g/mol. The van der Waals surface area contributed by atoms with Gasteiger partial charge in [-0.2, -0.15) is 0 Å². The minimum atomic E-state index is -0.582. The van der Waals surface area contributed by atoms with Crippen molar-refractivity contribution in [3.05, 3.63) is 38.3 Å². The van der Waals surface area contributed by atoms with Gasteiger partial charge in [0.05, 0.1) is 12.6 Å². The molecule has 0 heterocycles. The largest absolute Gasteiger partial charge is 0.392 e. The Hall–Kier alpha value is -0.430. The van der Waals surface area contributed by atoms with Crippen LogP contribution in [0.3, 0.4) is 0 Å². The van der Waals surface area contributed by atoms with Gasteiger partial charge in [-0.15, -0.1) is 11.8 Å². The molecule has 1 aromatic rings. The van der Waals surface area contributed by atoms with Crippen LogP contribution in [0.1, 0.15) is 0 Å². The Morgan fingerprint density at radius 2 is 2.27 bits per heavy atom. The first-order valence-corrected chi connectivity index (χ1v) is 6.36. The second kappa shape index (κ2) is 6.95. The van der Waals surface area contributed by atoms with Crippen LogP contribution in [0.4, 0.5) is 0 Å². The molecule has 0 saturated heterocycles. The quantitative estimate of drug-likeness (QED) is 0.295. The first-order chi connectivity index (χ1) is 7.24. The Balaban J connectivity index is 2.43. The zero-order chi connectivity index (χ0) is 11.1. The van der Waals surface area contributed by atoms with Crippen molar-refractivity contribution in [3.8, 4) is 0 Å². The van der Waals surface area contributed by atoms with Crippen LogP contribution in [0.5, 0.6) is 0 Å². The molecule has 0 bridgehead atoms. The highest BCUT2D eigenvalue weighted by atomic mass is 127. The topological polar surface area (TPSA) is 69.0 Å². The molecule has 0 aromatic heterocycles. The van der Waals surface area contributed by atoms with Crippen molar-refractivity contribution >= 4 is 34.4 Å². The van der Waals surface area contributed by atoms with E-state index in [1.165, 1.54) is 0 Å². The van der Waals surface area contributed by atoms with Crippen LogP contribution in [0.15, 0.2) is 34.3 Å². The standard InChI is InChI=1S/C9H10IN3OS/c10-8-3-1-2-4-9(8)15-6-7(14)5-12-13-11/h1-4,7,14H,5-6H2. The second-order valence-electron chi connectivity index (χ2n) is 2.81. The van der Waals surface area contributed by atoms with E-state index in [2.05, 4.69) is 32.6 Å². The fourth-order valence-corrected chi connectivity index (χ4v) is 2.64. The maximum Gasteiger partial charge on any atom is 0.0690 e. The molecule has 0 fully saturated rings. The van der Waals surface area contributed by atoms with Crippen molar-refractivity contribution < 1.29 is 5.11 Å². The predicted octanol–water partition coefficient (Wildman–Crippen LogP) is 3.05. The molecule has 1 atom stereocenters. The monoisotopic (exact) mass is 335 g/mol. The normalized spacial score (nSPS) is 11.9. The van der Waals surface area contributed by atoms with Gasteiger partial charge in [0.15, 0.2) is 0 Å². The number of thioether (sulfide) groups is 1. The van der Waals surface area contributed by atoms with Gasteiger partial charge in [-0.3, -0.25) is 0 Å². The molecule has 0 amide bonds. The zero-order valence-corrected chi connectivity index (χ0v) is 10.9. The summed E-state index contributed by atoms with van der Waals surface area (Å²) < 4.78 is 1.16. The van der Waals surface area contributed by atoms with Gasteiger partial charge in [0.2, 0.25) is 0 Å². The third-order valence-corrected chi connectivity index (χ3v) is 4.15. The SMILES string of the molecule is [N-]=[N+]=NCC(O)CSc1ccccc1I. The zero-order valence-electron chi connectivity index (χ0n) is 7.88. The Bertz CT molecular complexity index is 368. The van der Waals surface area contributed by atoms with Crippen molar-refractivity contribution in [2.45, 2.75) is 11.0 Å². The smallest absolute Gasteiger partial charge is 0.0690 e. The highest BCUT2D eigenvalue weighted by molar-refractivity contribution is 14.1. The number of aliphatic hydroxyl groups is 1. The molecule has 4 nitrogen and oxygen atoms in total. The van der Waals surface area contributed by atoms with E-state index < -0.39 is 6.10 Å². The lowest BCUT2D eigenvalue weighted by Crippen LogP contribution is -2.13. The van der Waals surface area contributed by atoms with Gasteiger partial charge in [-0.25, -0.2) is 0 Å². The molecular formula is C9H10IN3OS. The molecular weight excluding hydrogens is 325 g/mol. The van der Waals surface area contributed by atoms with Gasteiger partial charge in [0.1, 0.15) is 0 Å². The predicted molar refractivity (Wildman–Crippen MR) is 69.9 cm³/mol. The van der Waals surface area contributed by atoms with E-state index >= 15 is 0 Å². The van der Waals surface area contributed by atoms with Crippen molar-refractivity contribution in [2.24, 2.45) is 5.11 Å². The van der Waals surface area contributed by atoms with E-state index in [1.54, 1.807) is 11.8 Å². The summed E-state index contributed by atoms with van der Waals surface area (Å²) in [6, 6.07) is 7.96. The van der Waals surface area contributed by atoms with Crippen LogP contribution in [0, 0.1) is 3.57 Å². The first kappa shape index (κ1) is 12.6. The molecule has 1 rings (SSSR count). The highest BCUT2D eigenvalue weighted by Gasteiger charge is 2.05. The fourth-order valence-electron chi connectivity index (χ4n) is 0.931. The molecule has 0 aliphatic carbocycles. The average Bonchev–Trinajstić information content (AvgIpc) is 2.25. The van der Waals surface area contributed by atoms with Crippen LogP contribution in [0.25, 0.3) is 10.4 Å². The minimum absolute atomic E-state index is 0.132. The molecule has 1 unspecified atom stereocenters. The van der Waals surface area contributed by atoms with Crippen LogP contribution >= 0.6 is 34.4 Å². The Morgan fingerprint density at radius 3 is 2.93 bits per heavy atom. The van der Waals surface area contributed by atoms with Gasteiger partial charge < -0.3 is 5.11 Å². The number of halogens is 1. The molecule has 0 radical (unpaired) electrons. The van der Waals surface area contributed by atoms with Crippen molar-refractivity contribution in [2.75, 3.05) is 12.3 Å². The number of nitrogens with zero attached hydrogens (tertiary/aromatic N) is 3. The Labute approximate surface area is 106 Å². The molecule has 0 aliphatic heterocycles. The van der Waals surface area contributed by atoms with E-state index in [4.69, 9.17) is 5.53 Å². The lowest BCUT2D eigenvalue weighted by atomic mass is 10.4. The summed E-state index contributed by atoms with van der Waals surface area (Å²) in [6.45, 7) is 0.132. The molecule has 1 N–H and O–H groups in total. The van der Waals surface area contributed by atoms with Gasteiger partial charge >= 0.3 is 0 Å². The fraction of sp³-hybridized carbons (Fsp3) is 0.333. The maximum atomic E-state index is 9.44. The van der Waals surface area contributed by atoms with Gasteiger partial charge in [-0.1, -0.05) is 17.2 Å². The van der Waals surface area contributed by atoms with Crippen molar-refractivity contribution in [1.29, 1.82) is 0 Å². The summed E-state index contributed by atoms with van der Waals surface area (Å²) in [7, 11) is 0. The molecule has 80 valence electrons. The summed E-state index contributed by atoms with van der Waals surface area (Å²) in [4.78, 5) is 3.74. The molecule has 0 spiro atoms. The van der Waals surface area contributed by atoms with Crippen LogP contribution in [0.2, 0.25) is 0 Å². The number of hydrogen-bond acceptors (Lipinski definition) is 3. The van der Waals surface area contributed by atoms with E-state index in [9.17, 15) is 5.11 Å². The van der Waals surface area contributed by atoms with Gasteiger partial charge in [-0.05, 0) is 40.3 Å². The van der Waals surface area contributed by atoms with Crippen molar-refractivity contribution in [3.63, 3.8) is 0 Å². The van der Waals surface area contributed by atoms with Crippen LogP contribution in [-0.2, 0) is 0 Å². The summed E-state index contributed by atoms with van der Waals surface area (Å²) in [5, 5.41) is 12.8. The third-order valence-electron chi connectivity index (χ3n) is 1.62. The van der Waals surface area contributed by atoms with E-state index in [0.29, 0.717) is 5.75 Å². The Kier molecular flexibility index (Phi) is 5.85. The van der Waals surface area contributed by atoms with E-state index in [1.807, 2.05) is 24.3 Å². The molecule has 1 aromatic carbocycles. The summed E-state index contributed by atoms with van der Waals surface area (Å²) in [5.74, 6) is 0.541. The minimum Gasteiger partial charge on any atom is -0.392 e. The summed E-state index contributed by atoms with van der Waals surface area (Å²) in [6.07, 6.45) is -0.582. The van der Waals surface area contributed by atoms with Gasteiger partial charge in [0, 0.05) is 19.1 Å². The van der Waals surface area contributed by atoms with E-state index in [0.717, 1.165) is 8.47 Å². The number of aliphatic hydroxyl groups excluding tert-OH is 1. The van der Waals surface area contributed by atoms with Crippen molar-refractivity contribution in [1.82, 2.24) is 0 Å². The first-order valence-electron chi connectivity index (χ1n) is 4.30. The number of benzene rings is 1. The molecule has 6 heteroatoms. The highest BCUT2D eigenvalue weighted by Crippen LogP contribution is 2.24. The molecule has 0 aliphatic rings. The number of rotatable bonds is 5. The number of hydrogen-bond donors (Lipinski definition) is 1. The van der Waals surface area contributed by atoms with Gasteiger partial charge in [0.25, 0.3) is 0 Å². The van der Waals surface area contributed by atoms with Crippen LogP contribution in [-0.4, -0.2) is 23.5 Å². The van der Waals surface area contributed by atoms with E-state index in [-0.39, 0.29) is 6.54 Å². The number of azide groups is 1. The lowest BCUT2D eigenvalue weighted by molar-refractivity contribution is 0.208. The lowest BCUT2D eigenvalue weighted by Gasteiger charge is -2.07. The Morgan fingerprint density at radius 1 is 1.53 bits per heavy atom. The summed E-state index contributed by atoms with van der Waals surface area (Å²) >= 11 is 3.82. The van der Waals surface area contributed by atoms with Crippen LogP contribution < -0.4 is 0 Å². The summed E-state index contributed by atoms with van der Waals surface area (Å²) in [5.41, 5.74) is 8.08. The third kappa shape index (κ3) is 4.74. The molecule has 0 saturated carbocycles. The maximum absolute atomic E-state index is 9.44. The molecule has 15 heavy (non-hydrogen) atoms. The second-order valence-corrected chi connectivity index (χ2v) is 5.03.